The van der Waals surface area contributed by atoms with Gasteiger partial charge in [0.1, 0.15) is 18.2 Å². The summed E-state index contributed by atoms with van der Waals surface area (Å²) < 4.78 is 41.2. The fraction of sp³-hybridized carbons (Fsp3) is 0.391. The highest BCUT2D eigenvalue weighted by Crippen LogP contribution is 2.35. The molecule has 1 aliphatic rings. The van der Waals surface area contributed by atoms with Crippen LogP contribution in [0.2, 0.25) is 0 Å². The minimum Gasteiger partial charge on any atom is -0.369 e. The maximum absolute atomic E-state index is 12.8. The number of pyridine rings is 2. The Kier molecular flexibility index (Phi) is 5.83. The van der Waals surface area contributed by atoms with E-state index in [2.05, 4.69) is 25.4 Å². The molecule has 184 valence electrons. The lowest BCUT2D eigenvalue weighted by Gasteiger charge is -2.22. The second-order valence-electron chi connectivity index (χ2n) is 9.04. The van der Waals surface area contributed by atoms with Gasteiger partial charge in [0.05, 0.1) is 12.4 Å². The van der Waals surface area contributed by atoms with Crippen molar-refractivity contribution in [1.82, 2.24) is 29.5 Å². The first-order chi connectivity index (χ1) is 16.7. The lowest BCUT2D eigenvalue weighted by atomic mass is 10.1. The molecule has 0 unspecified atom stereocenters. The van der Waals surface area contributed by atoms with Crippen molar-refractivity contribution >= 4 is 28.4 Å². The summed E-state index contributed by atoms with van der Waals surface area (Å²) in [6, 6.07) is 5.87. The van der Waals surface area contributed by atoms with Crippen LogP contribution < -0.4 is 16.0 Å². The van der Waals surface area contributed by atoms with Gasteiger partial charge in [-0.05, 0) is 32.4 Å². The second-order valence-corrected chi connectivity index (χ2v) is 9.04. The molecule has 4 aromatic rings. The predicted molar refractivity (Wildman–Crippen MR) is 128 cm³/mol. The summed E-state index contributed by atoms with van der Waals surface area (Å²) in [6.07, 6.45) is 2.73. The summed E-state index contributed by atoms with van der Waals surface area (Å²) in [5.74, 6) is 1.18. The van der Waals surface area contributed by atoms with Gasteiger partial charge in [0.15, 0.2) is 5.65 Å². The fourth-order valence-corrected chi connectivity index (χ4v) is 4.28. The summed E-state index contributed by atoms with van der Waals surface area (Å²) in [7, 11) is 0. The highest BCUT2D eigenvalue weighted by molar-refractivity contribution is 5.81. The molecule has 0 aromatic carbocycles. The van der Waals surface area contributed by atoms with Crippen molar-refractivity contribution in [2.24, 2.45) is 5.73 Å². The number of nitrogens with zero attached hydrogens (tertiary/aromatic N) is 7. The zero-order chi connectivity index (χ0) is 24.7. The number of alkyl halides is 3. The number of rotatable bonds is 6. The standard InChI is InChI=1S/C23H26F3N9/c1-14(2)35-22-15(8-30-35)3-4-20(32-22)31-21-7-19(33-6-5-17(27)12-33)18(10-28-21)16-9-29-34(11-16)13-23(24,25)26/h3-4,7-11,14,17H,5-6,12-13,27H2,1-2H3,(H,28,31,32)/t17-/m1/s1. The van der Waals surface area contributed by atoms with Crippen molar-refractivity contribution in [3.8, 4) is 11.1 Å². The van der Waals surface area contributed by atoms with Crippen LogP contribution in [0.1, 0.15) is 26.3 Å². The van der Waals surface area contributed by atoms with Crippen molar-refractivity contribution < 1.29 is 13.2 Å². The first kappa shape index (κ1) is 23.1. The number of nitrogens with one attached hydrogen (secondary N) is 1. The first-order valence-electron chi connectivity index (χ1n) is 11.4. The quantitative estimate of drug-likeness (QED) is 0.424. The van der Waals surface area contributed by atoms with Crippen molar-refractivity contribution in [2.75, 3.05) is 23.3 Å². The van der Waals surface area contributed by atoms with E-state index in [1.807, 2.05) is 36.7 Å². The maximum atomic E-state index is 12.8. The van der Waals surface area contributed by atoms with E-state index in [0.717, 1.165) is 34.4 Å². The second kappa shape index (κ2) is 8.84. The van der Waals surface area contributed by atoms with E-state index in [9.17, 15) is 13.2 Å². The Hall–Kier alpha value is -3.67. The summed E-state index contributed by atoms with van der Waals surface area (Å²) >= 11 is 0. The van der Waals surface area contributed by atoms with Crippen LogP contribution in [0, 0.1) is 0 Å². The summed E-state index contributed by atoms with van der Waals surface area (Å²) in [4.78, 5) is 11.3. The summed E-state index contributed by atoms with van der Waals surface area (Å²) in [5.41, 5.74) is 8.99. The topological polar surface area (TPSA) is 103 Å². The lowest BCUT2D eigenvalue weighted by Crippen LogP contribution is -2.26. The number of hydrogen-bond donors (Lipinski definition) is 2. The van der Waals surface area contributed by atoms with E-state index in [-0.39, 0.29) is 12.1 Å². The van der Waals surface area contributed by atoms with Crippen molar-refractivity contribution in [3.63, 3.8) is 0 Å². The van der Waals surface area contributed by atoms with Gasteiger partial charge in [-0.2, -0.15) is 23.4 Å². The van der Waals surface area contributed by atoms with Gasteiger partial charge in [0.25, 0.3) is 0 Å². The molecular formula is C23H26F3N9. The van der Waals surface area contributed by atoms with Gasteiger partial charge < -0.3 is 16.0 Å². The molecule has 35 heavy (non-hydrogen) atoms. The van der Waals surface area contributed by atoms with Crippen LogP contribution in [0.25, 0.3) is 22.2 Å². The minimum absolute atomic E-state index is 0.0285. The van der Waals surface area contributed by atoms with Gasteiger partial charge in [-0.15, -0.1) is 0 Å². The van der Waals surface area contributed by atoms with Gasteiger partial charge >= 0.3 is 6.18 Å². The smallest absolute Gasteiger partial charge is 0.369 e. The number of anilines is 3. The Balaban J connectivity index is 1.48. The Morgan fingerprint density at radius 3 is 2.69 bits per heavy atom. The Bertz CT molecular complexity index is 1340. The van der Waals surface area contributed by atoms with Crippen LogP contribution in [0.15, 0.2) is 43.0 Å². The van der Waals surface area contributed by atoms with Crippen molar-refractivity contribution in [1.29, 1.82) is 0 Å². The van der Waals surface area contributed by atoms with Gasteiger partial charge in [-0.3, -0.25) is 4.68 Å². The Labute approximate surface area is 199 Å². The van der Waals surface area contributed by atoms with Gasteiger partial charge in [0, 0.05) is 65.8 Å². The van der Waals surface area contributed by atoms with E-state index >= 15 is 0 Å². The number of nitrogens with two attached hydrogens (primary N) is 1. The molecule has 5 heterocycles. The van der Waals surface area contributed by atoms with Crippen LogP contribution in [0.4, 0.5) is 30.5 Å². The molecule has 9 nitrogen and oxygen atoms in total. The number of fused-ring (bicyclic) bond motifs is 1. The number of halogens is 3. The molecule has 0 saturated carbocycles. The number of aromatic nitrogens is 6. The molecule has 1 saturated heterocycles. The molecule has 0 radical (unpaired) electrons. The van der Waals surface area contributed by atoms with Crippen LogP contribution in [-0.2, 0) is 6.54 Å². The highest BCUT2D eigenvalue weighted by atomic mass is 19.4. The molecule has 0 spiro atoms. The Morgan fingerprint density at radius 2 is 1.97 bits per heavy atom. The Morgan fingerprint density at radius 1 is 1.14 bits per heavy atom. The van der Waals surface area contributed by atoms with Crippen molar-refractivity contribution in [3.05, 3.63) is 43.0 Å². The third kappa shape index (κ3) is 4.92. The van der Waals surface area contributed by atoms with E-state index in [1.54, 1.807) is 12.4 Å². The molecule has 3 N–H and O–H groups in total. The van der Waals surface area contributed by atoms with Crippen LogP contribution in [0.5, 0.6) is 0 Å². The molecule has 0 amide bonds. The van der Waals surface area contributed by atoms with Crippen LogP contribution >= 0.6 is 0 Å². The zero-order valence-corrected chi connectivity index (χ0v) is 19.4. The van der Waals surface area contributed by atoms with E-state index in [4.69, 9.17) is 10.7 Å². The third-order valence-corrected chi connectivity index (χ3v) is 5.92. The SMILES string of the molecule is CC(C)n1ncc2ccc(Nc3cc(N4CC[C@@H](N)C4)c(-c4cnn(CC(F)(F)F)c4)cn3)nc21. The first-order valence-corrected chi connectivity index (χ1v) is 11.4. The van der Waals surface area contributed by atoms with E-state index in [1.165, 1.54) is 12.4 Å². The van der Waals surface area contributed by atoms with Gasteiger partial charge in [0.2, 0.25) is 0 Å². The molecule has 1 aliphatic heterocycles. The molecule has 1 fully saturated rings. The molecule has 1 atom stereocenters. The predicted octanol–water partition coefficient (Wildman–Crippen LogP) is 4.11. The van der Waals surface area contributed by atoms with Gasteiger partial charge in [-0.25, -0.2) is 14.6 Å². The largest absolute Gasteiger partial charge is 0.408 e. The minimum atomic E-state index is -4.35. The normalized spacial score (nSPS) is 16.5. The van der Waals surface area contributed by atoms with Gasteiger partial charge in [-0.1, -0.05) is 0 Å². The molecule has 0 bridgehead atoms. The summed E-state index contributed by atoms with van der Waals surface area (Å²) in [5, 5.41) is 12.5. The maximum Gasteiger partial charge on any atom is 0.408 e. The zero-order valence-electron chi connectivity index (χ0n) is 19.4. The molecule has 12 heteroatoms. The number of hydrogen-bond acceptors (Lipinski definition) is 7. The molecule has 4 aromatic heterocycles. The van der Waals surface area contributed by atoms with Crippen LogP contribution in [-0.4, -0.2) is 54.8 Å². The molecule has 5 rings (SSSR count). The monoisotopic (exact) mass is 485 g/mol. The average molecular weight is 486 g/mol. The average Bonchev–Trinajstić information content (AvgIpc) is 3.52. The molecular weight excluding hydrogens is 459 g/mol. The highest BCUT2D eigenvalue weighted by Gasteiger charge is 2.29. The molecule has 0 aliphatic carbocycles. The van der Waals surface area contributed by atoms with Crippen LogP contribution in [0.3, 0.4) is 0 Å². The lowest BCUT2D eigenvalue weighted by molar-refractivity contribution is -0.142. The summed E-state index contributed by atoms with van der Waals surface area (Å²) in [6.45, 7) is 4.32. The van der Waals surface area contributed by atoms with Crippen molar-refractivity contribution in [2.45, 2.75) is 45.1 Å². The fourth-order valence-electron chi connectivity index (χ4n) is 4.28. The third-order valence-electron chi connectivity index (χ3n) is 5.92. The van der Waals surface area contributed by atoms with E-state index < -0.39 is 12.7 Å². The van der Waals surface area contributed by atoms with E-state index in [0.29, 0.717) is 29.3 Å².